The zero-order chi connectivity index (χ0) is 55.7. The number of aliphatic hydroxyl groups is 1. The lowest BCUT2D eigenvalue weighted by molar-refractivity contribution is 0.0287. The van der Waals surface area contributed by atoms with E-state index in [2.05, 4.69) is 36.0 Å². The van der Waals surface area contributed by atoms with Crippen LogP contribution < -0.4 is 11.5 Å². The normalized spacial score (nSPS) is 14.2. The summed E-state index contributed by atoms with van der Waals surface area (Å²) < 4.78 is 11.1. The van der Waals surface area contributed by atoms with Gasteiger partial charge in [0.15, 0.2) is 11.6 Å². The number of anilines is 2. The van der Waals surface area contributed by atoms with Gasteiger partial charge in [-0.3, -0.25) is 19.6 Å². The van der Waals surface area contributed by atoms with Crippen LogP contribution in [0.25, 0.3) is 49.6 Å². The number of carbonyl (C=O) groups excluding carboxylic acids is 4. The second kappa shape index (κ2) is 23.9. The third-order valence-electron chi connectivity index (χ3n) is 13.0. The van der Waals surface area contributed by atoms with Crippen LogP contribution in [0.4, 0.5) is 21.2 Å². The van der Waals surface area contributed by atoms with Crippen molar-refractivity contribution in [1.82, 2.24) is 39.7 Å². The van der Waals surface area contributed by atoms with E-state index in [-0.39, 0.29) is 42.5 Å². The summed E-state index contributed by atoms with van der Waals surface area (Å²) in [6.45, 7) is 13.2. The van der Waals surface area contributed by atoms with Gasteiger partial charge in [0.05, 0.1) is 34.6 Å². The number of amides is 2. The first-order valence-electron chi connectivity index (χ1n) is 25.6. The second-order valence-corrected chi connectivity index (χ2v) is 20.8. The Morgan fingerprint density at radius 1 is 0.577 bits per heavy atom. The van der Waals surface area contributed by atoms with Crippen molar-refractivity contribution in [2.75, 3.05) is 44.8 Å². The Bertz CT molecular complexity index is 3460. The molecule has 5 N–H and O–H groups in total. The minimum absolute atomic E-state index is 0.000940. The first-order valence-corrected chi connectivity index (χ1v) is 25.6. The Balaban J connectivity index is 0.000000200. The van der Waals surface area contributed by atoms with E-state index in [0.29, 0.717) is 54.5 Å². The number of nitrogen functional groups attached to an aromatic ring is 2. The predicted octanol–water partition coefficient (Wildman–Crippen LogP) is 10.4. The van der Waals surface area contributed by atoms with Crippen molar-refractivity contribution in [1.29, 1.82) is 0 Å². The molecule has 2 amide bonds. The second-order valence-electron chi connectivity index (χ2n) is 20.8. The number of aliphatic hydroxyl groups excluding tert-OH is 1. The minimum Gasteiger partial charge on any atom is -0.444 e. The Labute approximate surface area is 453 Å². The number of fused-ring (bicyclic) bond motifs is 2. The molecule has 1 unspecified atom stereocenters. The molecule has 8 aromatic rings. The fourth-order valence-corrected chi connectivity index (χ4v) is 9.42. The number of rotatable bonds is 10. The maximum absolute atomic E-state index is 12.8. The van der Waals surface area contributed by atoms with Crippen LogP contribution in [0.1, 0.15) is 97.1 Å². The number of likely N-dealkylation sites (tertiary alicyclic amines) is 1. The highest BCUT2D eigenvalue weighted by Crippen LogP contribution is 2.39. The lowest BCUT2D eigenvalue weighted by atomic mass is 9.91. The van der Waals surface area contributed by atoms with Crippen molar-refractivity contribution in [3.63, 3.8) is 0 Å². The van der Waals surface area contributed by atoms with Gasteiger partial charge in [0, 0.05) is 79.7 Å². The van der Waals surface area contributed by atoms with Crippen molar-refractivity contribution in [3.05, 3.63) is 174 Å². The summed E-state index contributed by atoms with van der Waals surface area (Å²) in [6.07, 6.45) is 8.97. The molecule has 0 radical (unpaired) electrons. The number of hydrogen-bond donors (Lipinski definition) is 3. The Morgan fingerprint density at radius 2 is 1.05 bits per heavy atom. The number of ether oxygens (including phenoxy) is 2. The molecule has 0 aliphatic carbocycles. The van der Waals surface area contributed by atoms with E-state index in [0.717, 1.165) is 80.2 Å². The molecule has 0 bridgehead atoms. The maximum atomic E-state index is 12.8. The molecule has 1 fully saturated rings. The highest BCUT2D eigenvalue weighted by molar-refractivity contribution is 6.07. The van der Waals surface area contributed by atoms with Crippen molar-refractivity contribution in [3.8, 4) is 22.3 Å². The minimum atomic E-state index is -0.561. The molecule has 17 heteroatoms. The third kappa shape index (κ3) is 13.2. The van der Waals surface area contributed by atoms with Crippen molar-refractivity contribution in [2.45, 2.75) is 77.9 Å². The Morgan fingerprint density at radius 3 is 1.55 bits per heavy atom. The summed E-state index contributed by atoms with van der Waals surface area (Å²) in [5, 5.41) is 8.50. The number of ketones is 2. The summed E-state index contributed by atoms with van der Waals surface area (Å²) in [6, 6.07) is 34.1. The van der Waals surface area contributed by atoms with E-state index < -0.39 is 11.2 Å². The Kier molecular flexibility index (Phi) is 17.0. The summed E-state index contributed by atoms with van der Waals surface area (Å²) in [5.41, 5.74) is 22.3. The van der Waals surface area contributed by atoms with Crippen molar-refractivity contribution >= 4 is 62.8 Å². The summed E-state index contributed by atoms with van der Waals surface area (Å²) in [4.78, 5) is 80.2. The van der Waals surface area contributed by atoms with E-state index >= 15 is 0 Å². The monoisotopic (exact) mass is 1050 g/mol. The molecule has 6 heterocycles. The molecule has 78 heavy (non-hydrogen) atoms. The molecule has 4 aromatic carbocycles. The van der Waals surface area contributed by atoms with Gasteiger partial charge in [-0.15, -0.1) is 0 Å². The van der Waals surface area contributed by atoms with Crippen LogP contribution in [0.15, 0.2) is 140 Å². The van der Waals surface area contributed by atoms with Gasteiger partial charge < -0.3 is 35.8 Å². The molecule has 1 atom stereocenters. The van der Waals surface area contributed by atoms with Crippen molar-refractivity contribution < 1.29 is 33.8 Å². The molecule has 2 aliphatic rings. The van der Waals surface area contributed by atoms with Crippen LogP contribution in [0.5, 0.6) is 0 Å². The number of nitrogens with two attached hydrogens (primary N) is 2. The van der Waals surface area contributed by atoms with Crippen LogP contribution in [0.2, 0.25) is 0 Å². The predicted molar refractivity (Wildman–Crippen MR) is 302 cm³/mol. The molecule has 17 nitrogen and oxygen atoms in total. The zero-order valence-corrected chi connectivity index (χ0v) is 44.9. The average Bonchev–Trinajstić information content (AvgIpc) is 4.24. The summed E-state index contributed by atoms with van der Waals surface area (Å²) in [5.74, 6) is 0.879. The average molecular weight is 1050 g/mol. The van der Waals surface area contributed by atoms with Gasteiger partial charge in [0.2, 0.25) is 0 Å². The number of carbonyl (C=O) groups is 4. The SMILES string of the molecule is CC(C)(C)OC(=O)N1CC=C(c2ccc(-c3ccc(C(=O)Cc4ccccn4)cc3)c3c(N)ncnc23)C1.CC(C)(C)OC(=O)N1CCC(c2ccc(-c3ccc(C(=O)Cc4ccccn4)cc3)c3c(N)ncnc23)C1.CO. The van der Waals surface area contributed by atoms with Crippen molar-refractivity contribution in [2.24, 2.45) is 0 Å². The fourth-order valence-electron chi connectivity index (χ4n) is 9.42. The number of hydrogen-bond acceptors (Lipinski definition) is 15. The lowest BCUT2D eigenvalue weighted by Crippen LogP contribution is -2.35. The van der Waals surface area contributed by atoms with Gasteiger partial charge in [-0.25, -0.2) is 29.5 Å². The molecule has 0 spiro atoms. The lowest BCUT2D eigenvalue weighted by Gasteiger charge is -2.24. The smallest absolute Gasteiger partial charge is 0.410 e. The Hall–Kier alpha value is -8.96. The van der Waals surface area contributed by atoms with Gasteiger partial charge in [-0.05, 0) is 106 Å². The summed E-state index contributed by atoms with van der Waals surface area (Å²) in [7, 11) is 1.00. The van der Waals surface area contributed by atoms with Gasteiger partial charge in [-0.2, -0.15) is 0 Å². The van der Waals surface area contributed by atoms with Crippen LogP contribution >= 0.6 is 0 Å². The van der Waals surface area contributed by atoms with E-state index in [1.54, 1.807) is 22.2 Å². The number of aromatic nitrogens is 6. The molecule has 1 saturated heterocycles. The molecule has 4 aromatic heterocycles. The first-order chi connectivity index (χ1) is 37.4. The quantitative estimate of drug-likeness (QED) is 0.108. The fraction of sp³-hybridized carbons (Fsp3) is 0.279. The largest absolute Gasteiger partial charge is 0.444 e. The van der Waals surface area contributed by atoms with E-state index in [9.17, 15) is 19.2 Å². The standard InChI is InChI=1S/C30H31N5O3.C30H29N5O3.CH4O/c2*1-30(2,3)38-29(37)35-15-13-21(17-35)24-12-11-23(26-27(24)33-18-34-28(26)31)19-7-9-20(10-8-19)25(36)16-22-6-4-5-14-32-22;1-2/h4-12,14,18,21H,13,15-17H2,1-3H3,(H2,31,33,34);4-14,18H,15-17H2,1-3H3,(H2,31,33,34);2H,1H3. The van der Waals surface area contributed by atoms with Gasteiger partial charge in [0.25, 0.3) is 0 Å². The number of Topliss-reactive ketones (excluding diaryl/α,β-unsaturated/α-hetero) is 2. The number of nitrogens with zero attached hydrogens (tertiary/aromatic N) is 8. The molecule has 0 saturated carbocycles. The van der Waals surface area contributed by atoms with Crippen LogP contribution in [0.3, 0.4) is 0 Å². The topological polar surface area (TPSA) is 243 Å². The third-order valence-corrected chi connectivity index (χ3v) is 13.0. The molecule has 2 aliphatic heterocycles. The number of benzene rings is 4. The summed E-state index contributed by atoms with van der Waals surface area (Å²) >= 11 is 0. The van der Waals surface area contributed by atoms with Gasteiger partial charge >= 0.3 is 12.2 Å². The highest BCUT2D eigenvalue weighted by atomic mass is 16.6. The van der Waals surface area contributed by atoms with Crippen LogP contribution in [-0.4, -0.2) is 113 Å². The maximum Gasteiger partial charge on any atom is 0.410 e. The molecule has 10 rings (SSSR count). The van der Waals surface area contributed by atoms with Crippen LogP contribution in [0, 0.1) is 0 Å². The van der Waals surface area contributed by atoms with E-state index in [1.165, 1.54) is 12.7 Å². The van der Waals surface area contributed by atoms with Gasteiger partial charge in [-0.1, -0.05) is 91.0 Å². The number of pyridine rings is 2. The van der Waals surface area contributed by atoms with E-state index in [1.807, 2.05) is 151 Å². The van der Waals surface area contributed by atoms with Crippen LogP contribution in [-0.2, 0) is 22.3 Å². The van der Waals surface area contributed by atoms with Gasteiger partial charge in [0.1, 0.15) is 35.5 Å². The van der Waals surface area contributed by atoms with E-state index in [4.69, 9.17) is 26.0 Å². The highest BCUT2D eigenvalue weighted by Gasteiger charge is 2.33. The zero-order valence-electron chi connectivity index (χ0n) is 44.9. The first kappa shape index (κ1) is 55.3. The molecular formula is C61H64N10O7. The molecular weight excluding hydrogens is 985 g/mol. The molecule has 400 valence electrons.